The number of ether oxygens (including phenoxy) is 1. The highest BCUT2D eigenvalue weighted by molar-refractivity contribution is 7.88. The Morgan fingerprint density at radius 1 is 1.25 bits per heavy atom. The number of hydrogen-bond acceptors (Lipinski definition) is 5. The minimum Gasteiger partial charge on any atom is -0.462 e. The Bertz CT molecular complexity index is 448. The first-order valence-electron chi connectivity index (χ1n) is 6.57. The molecule has 1 heterocycles. The van der Waals surface area contributed by atoms with E-state index >= 15 is 0 Å². The van der Waals surface area contributed by atoms with Gasteiger partial charge in [0.2, 0.25) is 0 Å². The largest absolute Gasteiger partial charge is 0.462 e. The number of rotatable bonds is 5. The highest BCUT2D eigenvalue weighted by Crippen LogP contribution is 2.01. The predicted molar refractivity (Wildman–Crippen MR) is 78.7 cm³/mol. The van der Waals surface area contributed by atoms with E-state index < -0.39 is 16.2 Å². The van der Waals surface area contributed by atoms with Crippen molar-refractivity contribution in [3.8, 4) is 0 Å². The van der Waals surface area contributed by atoms with Crippen molar-refractivity contribution in [3.05, 3.63) is 11.8 Å². The lowest BCUT2D eigenvalue weighted by Crippen LogP contribution is -2.23. The van der Waals surface area contributed by atoms with Gasteiger partial charge in [-0.3, -0.25) is 4.72 Å². The second kappa shape index (κ2) is 9.49. The monoisotopic (exact) mass is 305 g/mol. The van der Waals surface area contributed by atoms with Crippen molar-refractivity contribution in [3.63, 3.8) is 0 Å². The van der Waals surface area contributed by atoms with Gasteiger partial charge in [-0.2, -0.15) is 12.8 Å². The van der Waals surface area contributed by atoms with Crippen LogP contribution in [0.1, 0.15) is 27.7 Å². The van der Waals surface area contributed by atoms with Gasteiger partial charge < -0.3 is 9.64 Å². The molecule has 1 rings (SSSR count). The third-order valence-electron chi connectivity index (χ3n) is 2.55. The molecule has 0 aromatic carbocycles. The lowest BCUT2D eigenvalue weighted by Gasteiger charge is -2.13. The molecule has 0 aromatic heterocycles. The second-order valence-corrected chi connectivity index (χ2v) is 5.16. The molecule has 116 valence electrons. The Kier molecular flexibility index (Phi) is 8.82. The number of esters is 1. The summed E-state index contributed by atoms with van der Waals surface area (Å²) < 4.78 is 31.0. The van der Waals surface area contributed by atoms with Crippen LogP contribution >= 0.6 is 0 Å². The van der Waals surface area contributed by atoms with Crippen LogP contribution in [0.4, 0.5) is 0 Å². The Labute approximate surface area is 120 Å². The third-order valence-corrected chi connectivity index (χ3v) is 3.35. The molecule has 20 heavy (non-hydrogen) atoms. The zero-order valence-electron chi connectivity index (χ0n) is 12.4. The third kappa shape index (κ3) is 7.25. The number of nitrogens with one attached hydrogen (secondary N) is 1. The zero-order chi connectivity index (χ0) is 15.6. The summed E-state index contributed by atoms with van der Waals surface area (Å²) in [5, 5.41) is 0. The van der Waals surface area contributed by atoms with E-state index in [1.54, 1.807) is 6.92 Å². The van der Waals surface area contributed by atoms with E-state index in [4.69, 9.17) is 0 Å². The van der Waals surface area contributed by atoms with Gasteiger partial charge >= 0.3 is 16.2 Å². The summed E-state index contributed by atoms with van der Waals surface area (Å²) in [5.74, 6) is -0.603. The van der Waals surface area contributed by atoms with E-state index in [2.05, 4.69) is 34.8 Å². The van der Waals surface area contributed by atoms with Gasteiger partial charge in [-0.05, 0) is 26.6 Å². The molecule has 7 nitrogen and oxygen atoms in total. The van der Waals surface area contributed by atoms with E-state index in [9.17, 15) is 13.2 Å². The predicted octanol–water partition coefficient (Wildman–Crippen LogP) is 0.700. The van der Waals surface area contributed by atoms with Crippen molar-refractivity contribution >= 4 is 22.4 Å². The quantitative estimate of drug-likeness (QED) is 0.755. The molecular weight excluding hydrogens is 282 g/mol. The Hall–Kier alpha value is -1.41. The molecule has 1 aliphatic rings. The van der Waals surface area contributed by atoms with Gasteiger partial charge in [-0.15, -0.1) is 0 Å². The van der Waals surface area contributed by atoms with Crippen LogP contribution in [0.5, 0.6) is 0 Å². The summed E-state index contributed by atoms with van der Waals surface area (Å²) in [5.41, 5.74) is 0.0803. The van der Waals surface area contributed by atoms with Crippen LogP contribution in [-0.2, 0) is 19.7 Å². The highest BCUT2D eigenvalue weighted by Gasteiger charge is 2.15. The van der Waals surface area contributed by atoms with Crippen molar-refractivity contribution in [2.45, 2.75) is 27.7 Å². The van der Waals surface area contributed by atoms with Gasteiger partial charge in [0.1, 0.15) is 0 Å². The van der Waals surface area contributed by atoms with E-state index in [0.29, 0.717) is 0 Å². The summed E-state index contributed by atoms with van der Waals surface area (Å²) in [6.45, 7) is 12.0. The van der Waals surface area contributed by atoms with Crippen molar-refractivity contribution in [2.75, 3.05) is 26.2 Å². The fourth-order valence-electron chi connectivity index (χ4n) is 1.33. The van der Waals surface area contributed by atoms with Crippen LogP contribution in [0.15, 0.2) is 16.2 Å². The van der Waals surface area contributed by atoms with Crippen molar-refractivity contribution < 1.29 is 17.9 Å². The lowest BCUT2D eigenvalue weighted by atomic mass is 10.3. The first kappa shape index (κ1) is 18.6. The molecule has 0 spiro atoms. The Balaban J connectivity index is 0.000000441. The maximum absolute atomic E-state index is 11.0. The molecule has 0 bridgehead atoms. The number of hydrogen-bond donors (Lipinski definition) is 1. The number of nitrogens with zero attached hydrogens (tertiary/aromatic N) is 2. The van der Waals surface area contributed by atoms with E-state index in [0.717, 1.165) is 12.4 Å². The number of carbonyl (C=O) groups excluding carboxylic acids is 1. The molecule has 0 unspecified atom stereocenters. The molecular formula is C12H23N3O4S. The Morgan fingerprint density at radius 2 is 1.80 bits per heavy atom. The zero-order valence-corrected chi connectivity index (χ0v) is 13.2. The van der Waals surface area contributed by atoms with Crippen LogP contribution in [0, 0.1) is 0 Å². The van der Waals surface area contributed by atoms with Crippen LogP contribution in [0.2, 0.25) is 0 Å². The normalized spacial score (nSPS) is 15.8. The average molecular weight is 305 g/mol. The van der Waals surface area contributed by atoms with Crippen molar-refractivity contribution in [2.24, 2.45) is 4.40 Å². The first-order valence-corrected chi connectivity index (χ1v) is 8.01. The molecule has 0 amide bonds. The molecule has 1 aliphatic heterocycles. The summed E-state index contributed by atoms with van der Waals surface area (Å²) in [6, 6.07) is 0. The fourth-order valence-corrected chi connectivity index (χ4v) is 1.92. The van der Waals surface area contributed by atoms with Crippen LogP contribution in [-0.4, -0.2) is 51.7 Å². The summed E-state index contributed by atoms with van der Waals surface area (Å²) in [4.78, 5) is 13.4. The first-order chi connectivity index (χ1) is 9.40. The molecule has 1 N–H and O–H groups in total. The molecule has 0 atom stereocenters. The maximum atomic E-state index is 11.0. The standard InChI is InChI=1S/C6H8N2O4S.C6H15N/c1-2-12-6(9)5-3-7-13(10,11)8-4-5;1-4-7(5-2)6-3/h3-4,7H,2H2,1H3;4-6H2,1-3H3. The molecule has 0 saturated carbocycles. The van der Waals surface area contributed by atoms with Crippen LogP contribution in [0.3, 0.4) is 0 Å². The molecule has 0 aliphatic carbocycles. The Morgan fingerprint density at radius 3 is 2.10 bits per heavy atom. The van der Waals surface area contributed by atoms with Crippen molar-refractivity contribution in [1.29, 1.82) is 0 Å². The molecule has 0 aromatic rings. The van der Waals surface area contributed by atoms with E-state index in [1.807, 2.05) is 4.72 Å². The SMILES string of the molecule is CCN(CC)CC.CCOC(=O)C1=CNS(=O)(=O)N=C1. The van der Waals surface area contributed by atoms with Crippen LogP contribution < -0.4 is 4.72 Å². The average Bonchev–Trinajstić information content (AvgIpc) is 2.41. The van der Waals surface area contributed by atoms with Gasteiger partial charge in [-0.1, -0.05) is 20.8 Å². The van der Waals surface area contributed by atoms with E-state index in [1.165, 1.54) is 19.6 Å². The second-order valence-electron chi connectivity index (χ2n) is 3.77. The molecule has 8 heteroatoms. The van der Waals surface area contributed by atoms with Gasteiger partial charge in [0.15, 0.2) is 0 Å². The van der Waals surface area contributed by atoms with Crippen LogP contribution in [0.25, 0.3) is 0 Å². The molecule has 0 radical (unpaired) electrons. The number of carbonyl (C=O) groups is 1. The molecule has 0 saturated heterocycles. The van der Waals surface area contributed by atoms with E-state index in [-0.39, 0.29) is 12.2 Å². The molecule has 0 fully saturated rings. The topological polar surface area (TPSA) is 88.1 Å². The minimum atomic E-state index is -3.63. The fraction of sp³-hybridized carbons (Fsp3) is 0.667. The van der Waals surface area contributed by atoms with Crippen molar-refractivity contribution in [1.82, 2.24) is 9.62 Å². The summed E-state index contributed by atoms with van der Waals surface area (Å²) in [7, 11) is -3.63. The minimum absolute atomic E-state index is 0.0803. The van der Waals surface area contributed by atoms with Gasteiger partial charge in [0.25, 0.3) is 0 Å². The highest BCUT2D eigenvalue weighted by atomic mass is 32.2. The van der Waals surface area contributed by atoms with Gasteiger partial charge in [0.05, 0.1) is 18.4 Å². The van der Waals surface area contributed by atoms with Gasteiger partial charge in [-0.25, -0.2) is 4.79 Å². The maximum Gasteiger partial charge on any atom is 0.341 e. The lowest BCUT2D eigenvalue weighted by molar-refractivity contribution is -0.137. The summed E-state index contributed by atoms with van der Waals surface area (Å²) >= 11 is 0. The van der Waals surface area contributed by atoms with Gasteiger partial charge in [0, 0.05) is 6.20 Å². The summed E-state index contributed by atoms with van der Waals surface area (Å²) in [6.07, 6.45) is 1.99. The smallest absolute Gasteiger partial charge is 0.341 e.